The standard InChI is InChI=1S/C16H19ClN2O4/c1-10-13(16(17)23-19-10)6-7-15(20)18-9-11-4-5-12(21-2)8-14(11)22-3/h4-5,8H,6-7,9H2,1-3H3,(H,18,20). The second kappa shape index (κ2) is 7.87. The van der Waals surface area contributed by atoms with Crippen molar-refractivity contribution in [2.45, 2.75) is 26.3 Å². The maximum atomic E-state index is 12.0. The van der Waals surface area contributed by atoms with Crippen molar-refractivity contribution in [3.63, 3.8) is 0 Å². The lowest BCUT2D eigenvalue weighted by atomic mass is 10.1. The van der Waals surface area contributed by atoms with E-state index >= 15 is 0 Å². The highest BCUT2D eigenvalue weighted by Gasteiger charge is 2.13. The third kappa shape index (κ3) is 4.39. The molecule has 0 radical (unpaired) electrons. The fourth-order valence-electron chi connectivity index (χ4n) is 2.16. The summed E-state index contributed by atoms with van der Waals surface area (Å²) in [5.41, 5.74) is 2.35. The quantitative estimate of drug-likeness (QED) is 0.840. The van der Waals surface area contributed by atoms with E-state index in [0.717, 1.165) is 11.1 Å². The van der Waals surface area contributed by atoms with Gasteiger partial charge in [-0.2, -0.15) is 0 Å². The van der Waals surface area contributed by atoms with Crippen molar-refractivity contribution >= 4 is 17.5 Å². The molecule has 1 N–H and O–H groups in total. The van der Waals surface area contributed by atoms with E-state index in [1.165, 1.54) is 0 Å². The Morgan fingerprint density at radius 3 is 2.74 bits per heavy atom. The van der Waals surface area contributed by atoms with Crippen LogP contribution in [0, 0.1) is 6.92 Å². The number of carbonyl (C=O) groups excluding carboxylic acids is 1. The highest BCUT2D eigenvalue weighted by Crippen LogP contribution is 2.24. The van der Waals surface area contributed by atoms with Crippen LogP contribution in [0.5, 0.6) is 11.5 Å². The van der Waals surface area contributed by atoms with Gasteiger partial charge in [0.2, 0.25) is 11.1 Å². The van der Waals surface area contributed by atoms with Crippen LogP contribution in [0.25, 0.3) is 0 Å². The van der Waals surface area contributed by atoms with Crippen molar-refractivity contribution in [2.75, 3.05) is 14.2 Å². The lowest BCUT2D eigenvalue weighted by Crippen LogP contribution is -2.23. The van der Waals surface area contributed by atoms with E-state index in [1.807, 2.05) is 12.1 Å². The molecule has 1 heterocycles. The zero-order valence-electron chi connectivity index (χ0n) is 13.3. The number of aryl methyl sites for hydroxylation is 1. The first kappa shape index (κ1) is 17.1. The topological polar surface area (TPSA) is 73.6 Å². The number of rotatable bonds is 7. The van der Waals surface area contributed by atoms with Crippen molar-refractivity contribution in [3.05, 3.63) is 40.2 Å². The summed E-state index contributed by atoms with van der Waals surface area (Å²) in [5.74, 6) is 1.29. The zero-order chi connectivity index (χ0) is 16.8. The number of hydrogen-bond acceptors (Lipinski definition) is 5. The molecule has 0 fully saturated rings. The Kier molecular flexibility index (Phi) is 5.87. The van der Waals surface area contributed by atoms with E-state index in [0.29, 0.717) is 36.6 Å². The summed E-state index contributed by atoms with van der Waals surface area (Å²) in [7, 11) is 3.17. The molecular weight excluding hydrogens is 320 g/mol. The third-order valence-electron chi connectivity index (χ3n) is 3.51. The van der Waals surface area contributed by atoms with Crippen LogP contribution < -0.4 is 14.8 Å². The molecule has 0 bridgehead atoms. The minimum absolute atomic E-state index is 0.0838. The predicted molar refractivity (Wildman–Crippen MR) is 86.0 cm³/mol. The molecule has 6 nitrogen and oxygen atoms in total. The van der Waals surface area contributed by atoms with Gasteiger partial charge in [0.25, 0.3) is 0 Å². The molecule has 2 aromatic rings. The summed E-state index contributed by atoms with van der Waals surface area (Å²) in [5, 5.41) is 6.86. The molecule has 0 aliphatic rings. The van der Waals surface area contributed by atoms with Gasteiger partial charge in [-0.25, -0.2) is 0 Å². The number of methoxy groups -OCH3 is 2. The van der Waals surface area contributed by atoms with Crippen LogP contribution >= 0.6 is 11.6 Å². The summed E-state index contributed by atoms with van der Waals surface area (Å²) in [6, 6.07) is 5.46. The van der Waals surface area contributed by atoms with Gasteiger partial charge in [-0.15, -0.1) is 0 Å². The van der Waals surface area contributed by atoms with Crippen LogP contribution in [-0.2, 0) is 17.8 Å². The lowest BCUT2D eigenvalue weighted by molar-refractivity contribution is -0.121. The average molecular weight is 339 g/mol. The first-order valence-electron chi connectivity index (χ1n) is 7.13. The highest BCUT2D eigenvalue weighted by molar-refractivity contribution is 6.29. The summed E-state index contributed by atoms with van der Waals surface area (Å²) >= 11 is 5.88. The van der Waals surface area contributed by atoms with Crippen LogP contribution in [0.1, 0.15) is 23.2 Å². The molecule has 0 aliphatic heterocycles. The smallest absolute Gasteiger partial charge is 0.229 e. The number of aromatic nitrogens is 1. The van der Waals surface area contributed by atoms with Crippen LogP contribution in [0.2, 0.25) is 5.22 Å². The molecule has 0 atom stereocenters. The minimum Gasteiger partial charge on any atom is -0.497 e. The fourth-order valence-corrected chi connectivity index (χ4v) is 2.42. The van der Waals surface area contributed by atoms with E-state index < -0.39 is 0 Å². The van der Waals surface area contributed by atoms with Crippen LogP contribution in [0.15, 0.2) is 22.7 Å². The lowest BCUT2D eigenvalue weighted by Gasteiger charge is -2.11. The highest BCUT2D eigenvalue weighted by atomic mass is 35.5. The van der Waals surface area contributed by atoms with Gasteiger partial charge in [0.05, 0.1) is 19.9 Å². The molecule has 1 aromatic heterocycles. The number of nitrogens with zero attached hydrogens (tertiary/aromatic N) is 1. The predicted octanol–water partition coefficient (Wildman–Crippen LogP) is 2.90. The van der Waals surface area contributed by atoms with Gasteiger partial charge in [0.15, 0.2) is 0 Å². The monoisotopic (exact) mass is 338 g/mol. The number of hydrogen-bond donors (Lipinski definition) is 1. The molecule has 0 saturated carbocycles. The molecule has 1 aromatic carbocycles. The maximum absolute atomic E-state index is 12.0. The summed E-state index contributed by atoms with van der Waals surface area (Å²) in [6.45, 7) is 2.17. The first-order valence-corrected chi connectivity index (χ1v) is 7.51. The molecule has 0 saturated heterocycles. The van der Waals surface area contributed by atoms with Crippen LogP contribution in [-0.4, -0.2) is 25.3 Å². The summed E-state index contributed by atoms with van der Waals surface area (Å²) < 4.78 is 15.3. The van der Waals surface area contributed by atoms with E-state index in [9.17, 15) is 4.79 Å². The van der Waals surface area contributed by atoms with E-state index in [-0.39, 0.29) is 11.1 Å². The Bertz CT molecular complexity index is 665. The van der Waals surface area contributed by atoms with Crippen molar-refractivity contribution in [1.29, 1.82) is 0 Å². The van der Waals surface area contributed by atoms with Gasteiger partial charge in [0, 0.05) is 30.2 Å². The number of nitrogens with one attached hydrogen (secondary N) is 1. The van der Waals surface area contributed by atoms with Crippen molar-refractivity contribution in [2.24, 2.45) is 0 Å². The molecule has 0 aliphatic carbocycles. The fraction of sp³-hybridized carbons (Fsp3) is 0.375. The maximum Gasteiger partial charge on any atom is 0.229 e. The Labute approximate surface area is 139 Å². The number of carbonyl (C=O) groups is 1. The SMILES string of the molecule is COc1ccc(CNC(=O)CCc2c(C)noc2Cl)c(OC)c1. The van der Waals surface area contributed by atoms with Crippen LogP contribution in [0.4, 0.5) is 0 Å². The molecule has 0 unspecified atom stereocenters. The molecular formula is C16H19ClN2O4. The third-order valence-corrected chi connectivity index (χ3v) is 3.81. The van der Waals surface area contributed by atoms with Crippen molar-refractivity contribution in [3.8, 4) is 11.5 Å². The number of halogens is 1. The van der Waals surface area contributed by atoms with Gasteiger partial charge < -0.3 is 19.3 Å². The Morgan fingerprint density at radius 2 is 2.13 bits per heavy atom. The number of amides is 1. The second-order valence-electron chi connectivity index (χ2n) is 4.97. The van der Waals surface area contributed by atoms with E-state index in [2.05, 4.69) is 10.5 Å². The van der Waals surface area contributed by atoms with Gasteiger partial charge in [-0.1, -0.05) is 5.16 Å². The molecule has 124 valence electrons. The molecule has 2 rings (SSSR count). The normalized spacial score (nSPS) is 10.4. The Morgan fingerprint density at radius 1 is 1.35 bits per heavy atom. The Balaban J connectivity index is 1.89. The summed E-state index contributed by atoms with van der Waals surface area (Å²) in [4.78, 5) is 12.0. The van der Waals surface area contributed by atoms with Crippen molar-refractivity contribution in [1.82, 2.24) is 10.5 Å². The zero-order valence-corrected chi connectivity index (χ0v) is 14.1. The second-order valence-corrected chi connectivity index (χ2v) is 5.32. The minimum atomic E-state index is -0.0838. The van der Waals surface area contributed by atoms with E-state index in [1.54, 1.807) is 27.2 Å². The molecule has 1 amide bonds. The summed E-state index contributed by atoms with van der Waals surface area (Å²) in [6.07, 6.45) is 0.792. The Hall–Kier alpha value is -2.21. The van der Waals surface area contributed by atoms with E-state index in [4.69, 9.17) is 25.6 Å². The van der Waals surface area contributed by atoms with Crippen molar-refractivity contribution < 1.29 is 18.8 Å². The average Bonchev–Trinajstić information content (AvgIpc) is 2.89. The molecule has 23 heavy (non-hydrogen) atoms. The van der Waals surface area contributed by atoms with Gasteiger partial charge in [-0.3, -0.25) is 4.79 Å². The first-order chi connectivity index (χ1) is 11.0. The molecule has 7 heteroatoms. The van der Waals surface area contributed by atoms with Crippen LogP contribution in [0.3, 0.4) is 0 Å². The van der Waals surface area contributed by atoms with Gasteiger partial charge >= 0.3 is 0 Å². The van der Waals surface area contributed by atoms with Gasteiger partial charge in [0.1, 0.15) is 11.5 Å². The number of ether oxygens (including phenoxy) is 2. The molecule has 0 spiro atoms. The van der Waals surface area contributed by atoms with Gasteiger partial charge in [-0.05, 0) is 37.1 Å². The largest absolute Gasteiger partial charge is 0.497 e. The number of benzene rings is 1.